The number of amides is 3. The van der Waals surface area contributed by atoms with E-state index in [1.807, 2.05) is 0 Å². The Morgan fingerprint density at radius 3 is 2.12 bits per heavy atom. The van der Waals surface area contributed by atoms with Crippen LogP contribution in [0.15, 0.2) is 0 Å². The van der Waals surface area contributed by atoms with Crippen molar-refractivity contribution in [3.05, 3.63) is 0 Å². The summed E-state index contributed by atoms with van der Waals surface area (Å²) in [5.41, 5.74) is -0.802. The molecule has 0 aliphatic rings. The van der Waals surface area contributed by atoms with Gasteiger partial charge in [0, 0.05) is 25.8 Å². The summed E-state index contributed by atoms with van der Waals surface area (Å²) in [6.07, 6.45) is 6.10. The summed E-state index contributed by atoms with van der Waals surface area (Å²) in [6.45, 7) is 5.37. The molecule has 2 atom stereocenters. The van der Waals surface area contributed by atoms with Crippen LogP contribution >= 0.6 is 0 Å². The third-order valence-electron chi connectivity index (χ3n) is 3.99. The molecule has 32 heavy (non-hydrogen) atoms. The minimum atomic E-state index is -1.43. The van der Waals surface area contributed by atoms with Gasteiger partial charge in [-0.25, -0.2) is 14.4 Å². The number of rotatable bonds is 14. The van der Waals surface area contributed by atoms with Crippen LogP contribution in [0.2, 0.25) is 0 Å². The van der Waals surface area contributed by atoms with Crippen LogP contribution < -0.4 is 16.0 Å². The van der Waals surface area contributed by atoms with Crippen molar-refractivity contribution in [3.63, 3.8) is 0 Å². The summed E-state index contributed by atoms with van der Waals surface area (Å²) in [6, 6.07) is -3.41. The predicted octanol–water partition coefficient (Wildman–Crippen LogP) is 1.01. The summed E-state index contributed by atoms with van der Waals surface area (Å²) in [4.78, 5) is 58.2. The summed E-state index contributed by atoms with van der Waals surface area (Å²) in [5.74, 6) is -1.08. The van der Waals surface area contributed by atoms with Crippen molar-refractivity contribution in [2.24, 2.45) is 0 Å². The van der Waals surface area contributed by atoms with E-state index in [0.717, 1.165) is 0 Å². The molecule has 0 spiro atoms. The van der Waals surface area contributed by atoms with Crippen LogP contribution in [0.1, 0.15) is 65.7 Å². The van der Waals surface area contributed by atoms with E-state index in [0.29, 0.717) is 25.8 Å². The van der Waals surface area contributed by atoms with Crippen LogP contribution in [0.25, 0.3) is 0 Å². The molecule has 0 aliphatic heterocycles. The average molecular weight is 456 g/mol. The number of carboxylic acids is 2. The molecule has 11 nitrogen and oxygen atoms in total. The van der Waals surface area contributed by atoms with Gasteiger partial charge < -0.3 is 30.9 Å². The van der Waals surface area contributed by atoms with Crippen molar-refractivity contribution in [1.29, 1.82) is 0 Å². The highest BCUT2D eigenvalue weighted by molar-refractivity contribution is 5.87. The van der Waals surface area contributed by atoms with Crippen molar-refractivity contribution in [2.45, 2.75) is 83.4 Å². The fourth-order valence-electron chi connectivity index (χ4n) is 2.48. The lowest BCUT2D eigenvalue weighted by molar-refractivity contribution is -0.157. The number of carboxylic acid groups (broad SMARTS) is 2. The highest BCUT2D eigenvalue weighted by atomic mass is 16.6. The first-order valence-electron chi connectivity index (χ1n) is 10.3. The first-order valence-corrected chi connectivity index (χ1v) is 10.3. The molecule has 0 aromatic heterocycles. The van der Waals surface area contributed by atoms with Crippen molar-refractivity contribution in [1.82, 2.24) is 16.0 Å². The first kappa shape index (κ1) is 28.7. The maximum atomic E-state index is 12.5. The normalized spacial score (nSPS) is 12.6. The molecule has 0 bridgehead atoms. The molecule has 3 amide bonds. The molecule has 0 aliphatic carbocycles. The second-order valence-electron chi connectivity index (χ2n) is 8.08. The molecule has 180 valence electrons. The zero-order chi connectivity index (χ0) is 24.7. The molecular formula is C21H33N3O8. The Morgan fingerprint density at radius 2 is 1.59 bits per heavy atom. The number of ether oxygens (including phenoxy) is 1. The highest BCUT2D eigenvalue weighted by Crippen LogP contribution is 2.12. The van der Waals surface area contributed by atoms with Gasteiger partial charge in [0.1, 0.15) is 17.7 Å². The number of esters is 1. The Labute approximate surface area is 187 Å². The van der Waals surface area contributed by atoms with Gasteiger partial charge in [0.15, 0.2) is 0 Å². The van der Waals surface area contributed by atoms with Gasteiger partial charge in [-0.1, -0.05) is 0 Å². The number of hydrogen-bond donors (Lipinski definition) is 5. The molecule has 0 radical (unpaired) electrons. The number of carbonyl (C=O) groups excluding carboxylic acids is 3. The SMILES string of the molecule is C#CCCC(=O)NCCCCC(NC(=O)NC(CCC(=O)O)C(=O)O)C(=O)OC(C)(C)C. The molecule has 0 saturated carbocycles. The van der Waals surface area contributed by atoms with Crippen molar-refractivity contribution < 1.29 is 38.9 Å². The third-order valence-corrected chi connectivity index (χ3v) is 3.99. The van der Waals surface area contributed by atoms with E-state index in [-0.39, 0.29) is 25.2 Å². The quantitative estimate of drug-likeness (QED) is 0.147. The fourth-order valence-corrected chi connectivity index (χ4v) is 2.48. The van der Waals surface area contributed by atoms with E-state index < -0.39 is 48.0 Å². The number of unbranched alkanes of at least 4 members (excludes halogenated alkanes) is 1. The lowest BCUT2D eigenvalue weighted by Gasteiger charge is -2.25. The maximum absolute atomic E-state index is 12.5. The average Bonchev–Trinajstić information content (AvgIpc) is 2.66. The highest BCUT2D eigenvalue weighted by Gasteiger charge is 2.28. The Hall–Kier alpha value is -3.29. The van der Waals surface area contributed by atoms with Gasteiger partial charge in [-0.3, -0.25) is 9.59 Å². The van der Waals surface area contributed by atoms with Gasteiger partial charge in [-0.05, 0) is 46.5 Å². The lowest BCUT2D eigenvalue weighted by Crippen LogP contribution is -2.52. The second-order valence-corrected chi connectivity index (χ2v) is 8.08. The molecule has 0 rings (SSSR count). The van der Waals surface area contributed by atoms with Gasteiger partial charge in [0.05, 0.1) is 0 Å². The number of terminal acetylenes is 1. The first-order chi connectivity index (χ1) is 14.9. The summed E-state index contributed by atoms with van der Waals surface area (Å²) in [5, 5.41) is 25.1. The maximum Gasteiger partial charge on any atom is 0.329 e. The second kappa shape index (κ2) is 14.7. The third kappa shape index (κ3) is 14.7. The molecule has 0 heterocycles. The number of aliphatic carboxylic acids is 2. The summed E-state index contributed by atoms with van der Waals surface area (Å²) < 4.78 is 5.31. The van der Waals surface area contributed by atoms with E-state index in [4.69, 9.17) is 21.4 Å². The number of urea groups is 1. The van der Waals surface area contributed by atoms with Crippen molar-refractivity contribution >= 4 is 29.8 Å². The molecule has 0 saturated heterocycles. The van der Waals surface area contributed by atoms with Crippen molar-refractivity contribution in [2.75, 3.05) is 6.54 Å². The van der Waals surface area contributed by atoms with Crippen LogP contribution in [-0.4, -0.2) is 64.3 Å². The zero-order valence-electron chi connectivity index (χ0n) is 18.7. The predicted molar refractivity (Wildman–Crippen MR) is 115 cm³/mol. The van der Waals surface area contributed by atoms with E-state index in [2.05, 4.69) is 21.9 Å². The van der Waals surface area contributed by atoms with Gasteiger partial charge in [0.2, 0.25) is 5.91 Å². The summed E-state index contributed by atoms with van der Waals surface area (Å²) in [7, 11) is 0. The Balaban J connectivity index is 4.84. The van der Waals surface area contributed by atoms with Crippen LogP contribution in [0.5, 0.6) is 0 Å². The monoisotopic (exact) mass is 455 g/mol. The van der Waals surface area contributed by atoms with Crippen LogP contribution in [0.4, 0.5) is 4.79 Å². The van der Waals surface area contributed by atoms with Crippen molar-refractivity contribution in [3.8, 4) is 12.3 Å². The molecule has 0 aromatic carbocycles. The molecule has 2 unspecified atom stereocenters. The fraction of sp³-hybridized carbons (Fsp3) is 0.667. The van der Waals surface area contributed by atoms with Gasteiger partial charge in [0.25, 0.3) is 0 Å². The molecule has 11 heteroatoms. The van der Waals surface area contributed by atoms with E-state index >= 15 is 0 Å². The number of hydrogen-bond acceptors (Lipinski definition) is 6. The van der Waals surface area contributed by atoms with E-state index in [1.165, 1.54) is 0 Å². The largest absolute Gasteiger partial charge is 0.481 e. The smallest absolute Gasteiger partial charge is 0.329 e. The van der Waals surface area contributed by atoms with E-state index in [1.54, 1.807) is 20.8 Å². The molecule has 0 fully saturated rings. The minimum Gasteiger partial charge on any atom is -0.481 e. The summed E-state index contributed by atoms with van der Waals surface area (Å²) >= 11 is 0. The number of nitrogens with one attached hydrogen (secondary N) is 3. The molecular weight excluding hydrogens is 422 g/mol. The molecule has 0 aromatic rings. The van der Waals surface area contributed by atoms with Gasteiger partial charge in [-0.15, -0.1) is 12.3 Å². The van der Waals surface area contributed by atoms with Gasteiger partial charge in [-0.2, -0.15) is 0 Å². The zero-order valence-corrected chi connectivity index (χ0v) is 18.7. The van der Waals surface area contributed by atoms with Crippen LogP contribution in [0.3, 0.4) is 0 Å². The van der Waals surface area contributed by atoms with Crippen LogP contribution in [0, 0.1) is 12.3 Å². The lowest BCUT2D eigenvalue weighted by atomic mass is 10.1. The Bertz CT molecular complexity index is 709. The van der Waals surface area contributed by atoms with Crippen LogP contribution in [-0.2, 0) is 23.9 Å². The van der Waals surface area contributed by atoms with E-state index in [9.17, 15) is 24.0 Å². The Morgan fingerprint density at radius 1 is 0.969 bits per heavy atom. The standard InChI is InChI=1S/C21H33N3O8/c1-5-6-10-16(25)22-13-8-7-9-15(19(30)32-21(2,3)4)24-20(31)23-14(18(28)29)11-12-17(26)27/h1,14-15H,6-13H2,2-4H3,(H,22,25)(H,26,27)(H,28,29)(H2,23,24,31). The topological polar surface area (TPSA) is 171 Å². The van der Waals surface area contributed by atoms with Gasteiger partial charge >= 0.3 is 23.9 Å². The Kier molecular flexibility index (Phi) is 13.2. The number of carbonyl (C=O) groups is 5. The minimum absolute atomic E-state index is 0.176. The molecule has 5 N–H and O–H groups in total.